The first-order valence-electron chi connectivity index (χ1n) is 6.77. The van der Waals surface area contributed by atoms with Gasteiger partial charge in [0.25, 0.3) is 0 Å². The summed E-state index contributed by atoms with van der Waals surface area (Å²) in [6, 6.07) is 8.37. The molecule has 0 spiro atoms. The monoisotopic (exact) mass is 370 g/mol. The molecule has 24 heavy (non-hydrogen) atoms. The Balaban J connectivity index is 2.00. The average molecular weight is 371 g/mol. The number of amides is 1. The molecule has 0 saturated heterocycles. The average Bonchev–Trinajstić information content (AvgIpc) is 2.56. The van der Waals surface area contributed by atoms with Crippen molar-refractivity contribution in [2.75, 3.05) is 24.3 Å². The van der Waals surface area contributed by atoms with Gasteiger partial charge in [0.15, 0.2) is 0 Å². The van der Waals surface area contributed by atoms with E-state index < -0.39 is 17.7 Å². The molecule has 0 saturated carbocycles. The molecule has 0 atom stereocenters. The molecule has 126 valence electrons. The number of methoxy groups -OCH3 is 1. The molecule has 0 unspecified atom stereocenters. The first kappa shape index (κ1) is 18.0. The summed E-state index contributed by atoms with van der Waals surface area (Å²) in [6.45, 7) is -0.112. The number of nitrogens with one attached hydrogen (secondary N) is 2. The van der Waals surface area contributed by atoms with Crippen molar-refractivity contribution in [2.24, 2.45) is 0 Å². The number of anilines is 2. The Bertz CT molecular complexity index is 784. The summed E-state index contributed by atoms with van der Waals surface area (Å²) in [5.41, 5.74) is 1.07. The van der Waals surface area contributed by atoms with Crippen molar-refractivity contribution in [2.45, 2.75) is 0 Å². The Morgan fingerprint density at radius 1 is 1.12 bits per heavy atom. The van der Waals surface area contributed by atoms with Gasteiger partial charge >= 0.3 is 5.97 Å². The van der Waals surface area contributed by atoms with E-state index in [-0.39, 0.29) is 11.6 Å². The number of hydrogen-bond acceptors (Lipinski definition) is 4. The molecule has 0 bridgehead atoms. The van der Waals surface area contributed by atoms with Gasteiger partial charge in [-0.3, -0.25) is 4.79 Å². The van der Waals surface area contributed by atoms with Crippen molar-refractivity contribution in [3.05, 3.63) is 57.8 Å². The molecule has 0 fully saturated rings. The van der Waals surface area contributed by atoms with Gasteiger partial charge < -0.3 is 15.4 Å². The van der Waals surface area contributed by atoms with Crippen LogP contribution >= 0.6 is 23.2 Å². The molecule has 5 nitrogen and oxygen atoms in total. The quantitative estimate of drug-likeness (QED) is 0.781. The molecule has 0 heterocycles. The highest BCUT2D eigenvalue weighted by atomic mass is 35.5. The molecule has 0 aliphatic heterocycles. The van der Waals surface area contributed by atoms with E-state index in [9.17, 15) is 14.0 Å². The van der Waals surface area contributed by atoms with Gasteiger partial charge in [0.1, 0.15) is 5.82 Å². The Hall–Kier alpha value is -2.31. The van der Waals surface area contributed by atoms with Crippen LogP contribution in [-0.2, 0) is 9.53 Å². The van der Waals surface area contributed by atoms with E-state index in [0.29, 0.717) is 22.0 Å². The first-order valence-corrected chi connectivity index (χ1v) is 7.53. The molecule has 8 heteroatoms. The Morgan fingerprint density at radius 3 is 2.54 bits per heavy atom. The van der Waals surface area contributed by atoms with Crippen LogP contribution in [0.2, 0.25) is 10.0 Å². The highest BCUT2D eigenvalue weighted by molar-refractivity contribution is 6.33. The van der Waals surface area contributed by atoms with Crippen LogP contribution in [0.5, 0.6) is 0 Å². The maximum Gasteiger partial charge on any atom is 0.337 e. The van der Waals surface area contributed by atoms with Crippen LogP contribution < -0.4 is 10.6 Å². The van der Waals surface area contributed by atoms with E-state index in [1.165, 1.54) is 37.4 Å². The second-order valence-electron chi connectivity index (χ2n) is 4.72. The summed E-state index contributed by atoms with van der Waals surface area (Å²) in [4.78, 5) is 23.4. The molecule has 0 radical (unpaired) electrons. The molecule has 2 aromatic carbocycles. The Morgan fingerprint density at radius 2 is 1.88 bits per heavy atom. The minimum absolute atomic E-state index is 0.0883. The summed E-state index contributed by atoms with van der Waals surface area (Å²) in [5, 5.41) is 5.64. The number of hydrogen-bond donors (Lipinski definition) is 2. The zero-order valence-corrected chi connectivity index (χ0v) is 14.0. The molecule has 0 aliphatic carbocycles. The van der Waals surface area contributed by atoms with Crippen LogP contribution in [0.25, 0.3) is 0 Å². The van der Waals surface area contributed by atoms with E-state index in [0.717, 1.165) is 6.07 Å². The van der Waals surface area contributed by atoms with Crippen LogP contribution in [0.4, 0.5) is 15.8 Å². The number of carbonyl (C=O) groups is 2. The fourth-order valence-corrected chi connectivity index (χ4v) is 2.23. The minimum Gasteiger partial charge on any atom is -0.465 e. The summed E-state index contributed by atoms with van der Waals surface area (Å²) in [7, 11) is 1.27. The second kappa shape index (κ2) is 7.99. The van der Waals surface area contributed by atoms with Gasteiger partial charge in [0, 0.05) is 5.69 Å². The second-order valence-corrected chi connectivity index (χ2v) is 5.53. The fourth-order valence-electron chi connectivity index (χ4n) is 1.86. The van der Waals surface area contributed by atoms with Crippen molar-refractivity contribution >= 4 is 46.5 Å². The van der Waals surface area contributed by atoms with Crippen LogP contribution in [0.15, 0.2) is 36.4 Å². The van der Waals surface area contributed by atoms with Crippen molar-refractivity contribution in [1.82, 2.24) is 0 Å². The molecule has 1 amide bonds. The molecule has 2 N–H and O–H groups in total. The summed E-state index contributed by atoms with van der Waals surface area (Å²) in [6.07, 6.45) is 0. The predicted octanol–water partition coefficient (Wildman–Crippen LogP) is 3.97. The van der Waals surface area contributed by atoms with Gasteiger partial charge in [0.2, 0.25) is 5.91 Å². The number of esters is 1. The summed E-state index contributed by atoms with van der Waals surface area (Å²) >= 11 is 11.7. The number of halogens is 3. The lowest BCUT2D eigenvalue weighted by Gasteiger charge is -2.10. The fraction of sp³-hybridized carbons (Fsp3) is 0.125. The third-order valence-electron chi connectivity index (χ3n) is 3.03. The standard InChI is InChI=1S/C16H13Cl2FN2O3/c1-24-16(23)9-2-4-11(17)14(6-9)20-8-15(22)21-10-3-5-13(19)12(18)7-10/h2-7,20H,8H2,1H3,(H,21,22). The van der Waals surface area contributed by atoms with Gasteiger partial charge in [-0.15, -0.1) is 0 Å². The van der Waals surface area contributed by atoms with Gasteiger partial charge in [-0.2, -0.15) is 0 Å². The normalized spacial score (nSPS) is 10.2. The maximum atomic E-state index is 13.1. The van der Waals surface area contributed by atoms with E-state index in [1.54, 1.807) is 0 Å². The largest absolute Gasteiger partial charge is 0.465 e. The minimum atomic E-state index is -0.570. The van der Waals surface area contributed by atoms with Crippen LogP contribution in [0, 0.1) is 5.82 Å². The van der Waals surface area contributed by atoms with E-state index in [4.69, 9.17) is 23.2 Å². The van der Waals surface area contributed by atoms with E-state index >= 15 is 0 Å². The summed E-state index contributed by atoms with van der Waals surface area (Å²) < 4.78 is 17.7. The lowest BCUT2D eigenvalue weighted by Crippen LogP contribution is -2.22. The highest BCUT2D eigenvalue weighted by Gasteiger charge is 2.10. The van der Waals surface area contributed by atoms with Crippen LogP contribution in [0.1, 0.15) is 10.4 Å². The van der Waals surface area contributed by atoms with Crippen molar-refractivity contribution in [3.8, 4) is 0 Å². The zero-order chi connectivity index (χ0) is 17.7. The first-order chi connectivity index (χ1) is 11.4. The molecular formula is C16H13Cl2FN2O3. The third kappa shape index (κ3) is 4.59. The van der Waals surface area contributed by atoms with Crippen LogP contribution in [0.3, 0.4) is 0 Å². The lowest BCUT2D eigenvalue weighted by atomic mass is 10.2. The van der Waals surface area contributed by atoms with Crippen LogP contribution in [-0.4, -0.2) is 25.5 Å². The number of carbonyl (C=O) groups excluding carboxylic acids is 2. The van der Waals surface area contributed by atoms with Crippen molar-refractivity contribution < 1.29 is 18.7 Å². The zero-order valence-electron chi connectivity index (χ0n) is 12.5. The van der Waals surface area contributed by atoms with Gasteiger partial charge in [0.05, 0.1) is 35.0 Å². The molecule has 2 aromatic rings. The number of ether oxygens (including phenoxy) is 1. The molecule has 0 aliphatic rings. The lowest BCUT2D eigenvalue weighted by molar-refractivity contribution is -0.114. The van der Waals surface area contributed by atoms with Gasteiger partial charge in [-0.25, -0.2) is 9.18 Å². The maximum absolute atomic E-state index is 13.1. The topological polar surface area (TPSA) is 67.4 Å². The number of rotatable bonds is 5. The Labute approximate surface area is 147 Å². The van der Waals surface area contributed by atoms with Crippen molar-refractivity contribution in [1.29, 1.82) is 0 Å². The Kier molecular flexibility index (Phi) is 6.00. The molecular weight excluding hydrogens is 358 g/mol. The third-order valence-corrected chi connectivity index (χ3v) is 3.65. The highest BCUT2D eigenvalue weighted by Crippen LogP contribution is 2.23. The molecule has 0 aromatic heterocycles. The molecule has 2 rings (SSSR count). The predicted molar refractivity (Wildman–Crippen MR) is 91.3 cm³/mol. The number of benzene rings is 2. The van der Waals surface area contributed by atoms with E-state index in [2.05, 4.69) is 15.4 Å². The van der Waals surface area contributed by atoms with Gasteiger partial charge in [-0.05, 0) is 36.4 Å². The SMILES string of the molecule is COC(=O)c1ccc(Cl)c(NCC(=O)Nc2ccc(F)c(Cl)c2)c1. The summed E-state index contributed by atoms with van der Waals surface area (Å²) in [5.74, 6) is -1.48. The smallest absolute Gasteiger partial charge is 0.337 e. The van der Waals surface area contributed by atoms with Gasteiger partial charge in [-0.1, -0.05) is 23.2 Å². The van der Waals surface area contributed by atoms with E-state index in [1.807, 2.05) is 0 Å². The van der Waals surface area contributed by atoms with Crippen molar-refractivity contribution in [3.63, 3.8) is 0 Å².